The van der Waals surface area contributed by atoms with Gasteiger partial charge in [-0.05, 0) is 53.1 Å². The van der Waals surface area contributed by atoms with Crippen molar-refractivity contribution in [1.82, 2.24) is 0 Å². The summed E-state index contributed by atoms with van der Waals surface area (Å²) in [6, 6.07) is 19.2. The number of ether oxygens (including phenoxy) is 1. The SMILES string of the molecule is C=CCCc1ccc2c(F)c(-c3ccc(-c4ccc(OC(F)F)cc4)c(F)c3)ccc2c1. The maximum atomic E-state index is 15.2. The van der Waals surface area contributed by atoms with E-state index in [9.17, 15) is 13.2 Å². The Morgan fingerprint density at radius 1 is 0.812 bits per heavy atom. The lowest BCUT2D eigenvalue weighted by Crippen LogP contribution is -2.01. The second-order valence-corrected chi connectivity index (χ2v) is 7.41. The fourth-order valence-electron chi connectivity index (χ4n) is 3.72. The Morgan fingerprint density at radius 3 is 2.22 bits per heavy atom. The first kappa shape index (κ1) is 21.6. The van der Waals surface area contributed by atoms with Crippen LogP contribution in [0.3, 0.4) is 0 Å². The molecule has 0 fully saturated rings. The van der Waals surface area contributed by atoms with Gasteiger partial charge in [-0.15, -0.1) is 6.58 Å². The zero-order valence-electron chi connectivity index (χ0n) is 17.1. The van der Waals surface area contributed by atoms with Crippen LogP contribution in [-0.4, -0.2) is 6.61 Å². The van der Waals surface area contributed by atoms with E-state index in [2.05, 4.69) is 11.3 Å². The van der Waals surface area contributed by atoms with Crippen molar-refractivity contribution in [2.45, 2.75) is 19.5 Å². The molecule has 0 aliphatic rings. The second kappa shape index (κ2) is 9.27. The molecule has 0 radical (unpaired) electrons. The van der Waals surface area contributed by atoms with Gasteiger partial charge in [-0.1, -0.05) is 60.7 Å². The van der Waals surface area contributed by atoms with E-state index in [1.165, 1.54) is 30.3 Å². The molecule has 0 aromatic heterocycles. The minimum absolute atomic E-state index is 0.00772. The van der Waals surface area contributed by atoms with Gasteiger partial charge in [-0.3, -0.25) is 0 Å². The minimum atomic E-state index is -2.92. The lowest BCUT2D eigenvalue weighted by molar-refractivity contribution is -0.0498. The summed E-state index contributed by atoms with van der Waals surface area (Å²) >= 11 is 0. The van der Waals surface area contributed by atoms with Crippen molar-refractivity contribution < 1.29 is 22.3 Å². The molecule has 4 aromatic carbocycles. The van der Waals surface area contributed by atoms with Crippen LogP contribution in [0.1, 0.15) is 12.0 Å². The second-order valence-electron chi connectivity index (χ2n) is 7.41. The number of halogens is 4. The Bertz CT molecular complexity index is 1260. The first-order valence-corrected chi connectivity index (χ1v) is 10.1. The largest absolute Gasteiger partial charge is 0.435 e. The predicted octanol–water partition coefficient (Wildman–Crippen LogP) is 8.17. The van der Waals surface area contributed by atoms with E-state index in [1.54, 1.807) is 24.3 Å². The standard InChI is InChI=1S/C27H20F4O/c1-2-3-4-17-5-12-23-19(15-17)9-14-24(26(23)29)20-8-13-22(25(28)16-20)18-6-10-21(11-7-18)32-27(30)31/h2,5-16,27H,1,3-4H2. The highest BCUT2D eigenvalue weighted by atomic mass is 19.3. The molecule has 32 heavy (non-hydrogen) atoms. The maximum absolute atomic E-state index is 15.2. The highest BCUT2D eigenvalue weighted by molar-refractivity contribution is 5.89. The number of alkyl halides is 2. The summed E-state index contributed by atoms with van der Waals surface area (Å²) < 4.78 is 59.0. The molecule has 0 amide bonds. The molecule has 0 heterocycles. The molecule has 4 aromatic rings. The smallest absolute Gasteiger partial charge is 0.387 e. The first-order chi connectivity index (χ1) is 15.5. The average Bonchev–Trinajstić information content (AvgIpc) is 2.78. The predicted molar refractivity (Wildman–Crippen MR) is 120 cm³/mol. The van der Waals surface area contributed by atoms with E-state index >= 15 is 4.39 Å². The van der Waals surface area contributed by atoms with Crippen LogP contribution < -0.4 is 4.74 Å². The van der Waals surface area contributed by atoms with Crippen molar-refractivity contribution in [1.29, 1.82) is 0 Å². The van der Waals surface area contributed by atoms with Gasteiger partial charge in [0, 0.05) is 16.5 Å². The molecule has 0 aliphatic carbocycles. The fourth-order valence-corrected chi connectivity index (χ4v) is 3.72. The van der Waals surface area contributed by atoms with Crippen molar-refractivity contribution in [3.8, 4) is 28.0 Å². The van der Waals surface area contributed by atoms with Gasteiger partial charge in [-0.25, -0.2) is 8.78 Å². The van der Waals surface area contributed by atoms with E-state index in [1.807, 2.05) is 24.3 Å². The van der Waals surface area contributed by atoms with Crippen LogP contribution in [0.5, 0.6) is 5.75 Å². The van der Waals surface area contributed by atoms with E-state index in [0.717, 1.165) is 23.8 Å². The highest BCUT2D eigenvalue weighted by Crippen LogP contribution is 2.33. The third-order valence-corrected chi connectivity index (χ3v) is 5.33. The van der Waals surface area contributed by atoms with Crippen molar-refractivity contribution >= 4 is 10.8 Å². The van der Waals surface area contributed by atoms with E-state index < -0.39 is 18.2 Å². The van der Waals surface area contributed by atoms with Crippen molar-refractivity contribution in [2.24, 2.45) is 0 Å². The Labute approximate surface area is 183 Å². The lowest BCUT2D eigenvalue weighted by atomic mass is 9.96. The summed E-state index contributed by atoms with van der Waals surface area (Å²) in [5.74, 6) is -0.950. The van der Waals surface area contributed by atoms with Crippen LogP contribution in [0.15, 0.2) is 85.5 Å². The summed E-state index contributed by atoms with van der Waals surface area (Å²) in [5, 5.41) is 1.26. The number of allylic oxidation sites excluding steroid dienone is 1. The van der Waals surface area contributed by atoms with Gasteiger partial charge in [0.2, 0.25) is 0 Å². The number of fused-ring (bicyclic) bond motifs is 1. The average molecular weight is 436 g/mol. The Hall–Kier alpha value is -3.60. The van der Waals surface area contributed by atoms with Crippen LogP contribution in [0.2, 0.25) is 0 Å². The third-order valence-electron chi connectivity index (χ3n) is 5.33. The van der Waals surface area contributed by atoms with Crippen LogP contribution in [-0.2, 0) is 6.42 Å². The molecular formula is C27H20F4O. The third kappa shape index (κ3) is 4.52. The van der Waals surface area contributed by atoms with Gasteiger partial charge in [-0.2, -0.15) is 8.78 Å². The van der Waals surface area contributed by atoms with Crippen LogP contribution in [0.25, 0.3) is 33.0 Å². The molecule has 0 aliphatic heterocycles. The fraction of sp³-hybridized carbons (Fsp3) is 0.111. The molecule has 0 atom stereocenters. The zero-order chi connectivity index (χ0) is 22.7. The lowest BCUT2D eigenvalue weighted by Gasteiger charge is -2.11. The molecule has 5 heteroatoms. The van der Waals surface area contributed by atoms with Gasteiger partial charge in [0.1, 0.15) is 17.4 Å². The number of hydrogen-bond donors (Lipinski definition) is 0. The van der Waals surface area contributed by atoms with E-state index in [4.69, 9.17) is 0 Å². The summed E-state index contributed by atoms with van der Waals surface area (Å²) in [6.07, 6.45) is 3.53. The molecule has 1 nitrogen and oxygen atoms in total. The van der Waals surface area contributed by atoms with E-state index in [-0.39, 0.29) is 11.3 Å². The number of hydrogen-bond acceptors (Lipinski definition) is 1. The van der Waals surface area contributed by atoms with Crippen molar-refractivity contribution in [3.63, 3.8) is 0 Å². The summed E-state index contributed by atoms with van der Waals surface area (Å²) in [4.78, 5) is 0. The Morgan fingerprint density at radius 2 is 1.53 bits per heavy atom. The van der Waals surface area contributed by atoms with Crippen LogP contribution >= 0.6 is 0 Å². The highest BCUT2D eigenvalue weighted by Gasteiger charge is 2.13. The normalized spacial score (nSPS) is 11.2. The molecule has 0 N–H and O–H groups in total. The monoisotopic (exact) mass is 436 g/mol. The molecule has 4 rings (SSSR count). The number of aryl methyl sites for hydroxylation is 1. The van der Waals surface area contributed by atoms with Gasteiger partial charge in [0.15, 0.2) is 0 Å². The first-order valence-electron chi connectivity index (χ1n) is 10.1. The molecule has 0 spiro atoms. The van der Waals surface area contributed by atoms with Gasteiger partial charge in [0.05, 0.1) is 0 Å². The van der Waals surface area contributed by atoms with Crippen molar-refractivity contribution in [2.75, 3.05) is 0 Å². The van der Waals surface area contributed by atoms with Gasteiger partial charge in [0.25, 0.3) is 0 Å². The minimum Gasteiger partial charge on any atom is -0.435 e. The summed E-state index contributed by atoms with van der Waals surface area (Å²) in [7, 11) is 0. The molecule has 0 saturated heterocycles. The van der Waals surface area contributed by atoms with Crippen molar-refractivity contribution in [3.05, 3.63) is 103 Å². The van der Waals surface area contributed by atoms with Gasteiger partial charge < -0.3 is 4.74 Å². The molecule has 162 valence electrons. The zero-order valence-corrected chi connectivity index (χ0v) is 17.1. The maximum Gasteiger partial charge on any atom is 0.387 e. The quantitative estimate of drug-likeness (QED) is 0.210. The topological polar surface area (TPSA) is 9.23 Å². The molecular weight excluding hydrogens is 416 g/mol. The molecule has 0 saturated carbocycles. The van der Waals surface area contributed by atoms with Crippen LogP contribution in [0.4, 0.5) is 17.6 Å². The molecule has 0 unspecified atom stereocenters. The van der Waals surface area contributed by atoms with Crippen LogP contribution in [0, 0.1) is 11.6 Å². The van der Waals surface area contributed by atoms with Gasteiger partial charge >= 0.3 is 6.61 Å². The number of rotatable bonds is 7. The summed E-state index contributed by atoms with van der Waals surface area (Å²) in [5.41, 5.74) is 2.61. The number of benzene rings is 4. The Kier molecular flexibility index (Phi) is 6.26. The Balaban J connectivity index is 1.65. The van der Waals surface area contributed by atoms with E-state index in [0.29, 0.717) is 22.1 Å². The molecule has 0 bridgehead atoms. The summed E-state index contributed by atoms with van der Waals surface area (Å²) in [6.45, 7) is 0.797.